The molecule has 52 heavy (non-hydrogen) atoms. The van der Waals surface area contributed by atoms with Gasteiger partial charge in [0, 0.05) is 32.9 Å². The minimum atomic E-state index is 1.16. The molecule has 240 valence electrons. The van der Waals surface area contributed by atoms with E-state index < -0.39 is 0 Å². The van der Waals surface area contributed by atoms with Gasteiger partial charge in [0.2, 0.25) is 0 Å². The van der Waals surface area contributed by atoms with Crippen molar-refractivity contribution in [3.63, 3.8) is 0 Å². The Hall–Kier alpha value is -6.90. The summed E-state index contributed by atoms with van der Waals surface area (Å²) in [6, 6.07) is 67.2. The van der Waals surface area contributed by atoms with Gasteiger partial charge in [-0.2, -0.15) is 0 Å². The van der Waals surface area contributed by atoms with Crippen LogP contribution in [0.1, 0.15) is 0 Å². The van der Waals surface area contributed by atoms with Gasteiger partial charge < -0.3 is 9.13 Å². The second-order valence-electron chi connectivity index (χ2n) is 14.1. The molecule has 0 amide bonds. The quantitative estimate of drug-likeness (QED) is 0.179. The third kappa shape index (κ3) is 3.68. The highest BCUT2D eigenvalue weighted by Gasteiger charge is 2.25. The number of aromatic nitrogens is 2. The number of rotatable bonds is 3. The molecule has 0 saturated heterocycles. The van der Waals surface area contributed by atoms with Crippen LogP contribution in [0, 0.1) is 0 Å². The lowest BCUT2D eigenvalue weighted by Crippen LogP contribution is -1.96. The van der Waals surface area contributed by atoms with Crippen molar-refractivity contribution in [2.75, 3.05) is 0 Å². The zero-order valence-corrected chi connectivity index (χ0v) is 28.2. The van der Waals surface area contributed by atoms with Gasteiger partial charge >= 0.3 is 0 Å². The lowest BCUT2D eigenvalue weighted by atomic mass is 10.0. The average Bonchev–Trinajstić information content (AvgIpc) is 3.85. The largest absolute Gasteiger partial charge is 0.309 e. The fourth-order valence-electron chi connectivity index (χ4n) is 9.22. The van der Waals surface area contributed by atoms with Gasteiger partial charge in [0.1, 0.15) is 0 Å². The van der Waals surface area contributed by atoms with Gasteiger partial charge in [0.05, 0.1) is 22.1 Å². The SMILES string of the molecule is c1ccc(-c2ccc(-n3c4ccccc4c4ccc5c(c6c7ccccc7ccc6n5-c5ccc6c(c5)-c5cccc7cccc-6c57)c43)cc2)cc1. The summed E-state index contributed by atoms with van der Waals surface area (Å²) in [6.07, 6.45) is 0. The minimum Gasteiger partial charge on any atom is -0.309 e. The van der Waals surface area contributed by atoms with E-state index in [2.05, 4.69) is 191 Å². The smallest absolute Gasteiger partial charge is 0.0641 e. The Labute approximate surface area is 300 Å². The van der Waals surface area contributed by atoms with Gasteiger partial charge in [-0.25, -0.2) is 0 Å². The molecule has 2 heterocycles. The zero-order valence-electron chi connectivity index (χ0n) is 28.2. The number of nitrogens with zero attached hydrogens (tertiary/aromatic N) is 2. The van der Waals surface area contributed by atoms with Crippen LogP contribution in [-0.4, -0.2) is 9.13 Å². The van der Waals surface area contributed by atoms with Crippen LogP contribution in [0.15, 0.2) is 182 Å². The van der Waals surface area contributed by atoms with Crippen LogP contribution in [0.2, 0.25) is 0 Å². The first-order chi connectivity index (χ1) is 25.8. The van der Waals surface area contributed by atoms with Gasteiger partial charge in [-0.15, -0.1) is 0 Å². The van der Waals surface area contributed by atoms with Gasteiger partial charge in [-0.05, 0) is 97.4 Å². The summed E-state index contributed by atoms with van der Waals surface area (Å²) < 4.78 is 4.99. The Morgan fingerprint density at radius 3 is 1.79 bits per heavy atom. The van der Waals surface area contributed by atoms with E-state index in [0.717, 1.165) is 5.69 Å². The van der Waals surface area contributed by atoms with Crippen LogP contribution in [0.25, 0.3) is 110 Å². The summed E-state index contributed by atoms with van der Waals surface area (Å²) in [6.45, 7) is 0. The summed E-state index contributed by atoms with van der Waals surface area (Å²) in [7, 11) is 0. The molecule has 2 heteroatoms. The van der Waals surface area contributed by atoms with E-state index in [1.54, 1.807) is 0 Å². The topological polar surface area (TPSA) is 9.86 Å². The van der Waals surface area contributed by atoms with Crippen molar-refractivity contribution in [1.29, 1.82) is 0 Å². The molecule has 0 aliphatic heterocycles. The van der Waals surface area contributed by atoms with Crippen LogP contribution in [0.5, 0.6) is 0 Å². The van der Waals surface area contributed by atoms with Crippen molar-refractivity contribution in [3.05, 3.63) is 182 Å². The number of para-hydroxylation sites is 1. The van der Waals surface area contributed by atoms with E-state index in [-0.39, 0.29) is 0 Å². The van der Waals surface area contributed by atoms with Crippen LogP contribution in [0.4, 0.5) is 0 Å². The van der Waals surface area contributed by atoms with Crippen molar-refractivity contribution in [3.8, 4) is 44.8 Å². The number of fused-ring (bicyclic) bond motifs is 12. The molecule has 0 unspecified atom stereocenters. The standard InChI is InChI=1S/C50H30N2/c1-2-10-31(11-3-1)32-20-23-35(24-21-32)52-44-19-7-6-16-39(44)42-27-29-46-49(50(42)52)48-37-15-5-4-12-33(37)22-28-45(48)51(46)36-25-26-38-40-17-8-13-34-14-9-18-41(47(34)40)43(38)30-36/h1-30H. The van der Waals surface area contributed by atoms with Crippen molar-refractivity contribution in [2.24, 2.45) is 0 Å². The maximum Gasteiger partial charge on any atom is 0.0641 e. The first-order valence-corrected chi connectivity index (χ1v) is 18.0. The molecule has 0 bridgehead atoms. The van der Waals surface area contributed by atoms with Gasteiger partial charge in [-0.3, -0.25) is 0 Å². The number of hydrogen-bond donors (Lipinski definition) is 0. The predicted molar refractivity (Wildman–Crippen MR) is 220 cm³/mol. The normalized spacial score (nSPS) is 12.2. The molecule has 0 fully saturated rings. The highest BCUT2D eigenvalue weighted by atomic mass is 15.0. The van der Waals surface area contributed by atoms with E-state index in [1.807, 2.05) is 0 Å². The highest BCUT2D eigenvalue weighted by molar-refractivity contribution is 6.31. The number of hydrogen-bond acceptors (Lipinski definition) is 0. The molecular formula is C50H30N2. The van der Waals surface area contributed by atoms with Crippen LogP contribution < -0.4 is 0 Å². The third-order valence-electron chi connectivity index (χ3n) is 11.4. The second kappa shape index (κ2) is 10.3. The van der Waals surface area contributed by atoms with E-state index in [1.165, 1.54) is 104 Å². The molecule has 0 N–H and O–H groups in total. The molecule has 9 aromatic carbocycles. The van der Waals surface area contributed by atoms with Crippen molar-refractivity contribution in [2.45, 2.75) is 0 Å². The Balaban J connectivity index is 1.20. The van der Waals surface area contributed by atoms with E-state index in [0.29, 0.717) is 0 Å². The van der Waals surface area contributed by atoms with Gasteiger partial charge in [0.15, 0.2) is 0 Å². The first-order valence-electron chi connectivity index (χ1n) is 18.0. The predicted octanol–water partition coefficient (Wildman–Crippen LogP) is 13.5. The van der Waals surface area contributed by atoms with E-state index in [9.17, 15) is 0 Å². The summed E-state index contributed by atoms with van der Waals surface area (Å²) >= 11 is 0. The van der Waals surface area contributed by atoms with Crippen LogP contribution in [0.3, 0.4) is 0 Å². The van der Waals surface area contributed by atoms with Crippen molar-refractivity contribution in [1.82, 2.24) is 9.13 Å². The summed E-state index contributed by atoms with van der Waals surface area (Å²) in [5.41, 5.74) is 14.9. The molecule has 1 aliphatic carbocycles. The summed E-state index contributed by atoms with van der Waals surface area (Å²) in [5.74, 6) is 0. The molecule has 12 rings (SSSR count). The molecule has 0 atom stereocenters. The molecule has 2 nitrogen and oxygen atoms in total. The number of benzene rings is 9. The van der Waals surface area contributed by atoms with Crippen LogP contribution >= 0.6 is 0 Å². The van der Waals surface area contributed by atoms with Gasteiger partial charge in [0.25, 0.3) is 0 Å². The molecule has 11 aromatic rings. The lowest BCUT2D eigenvalue weighted by molar-refractivity contribution is 1.18. The zero-order chi connectivity index (χ0) is 33.9. The van der Waals surface area contributed by atoms with Gasteiger partial charge in [-0.1, -0.05) is 140 Å². The van der Waals surface area contributed by atoms with Crippen LogP contribution in [-0.2, 0) is 0 Å². The third-order valence-corrected chi connectivity index (χ3v) is 11.4. The molecule has 2 aromatic heterocycles. The van der Waals surface area contributed by atoms with E-state index >= 15 is 0 Å². The fraction of sp³-hybridized carbons (Fsp3) is 0. The molecule has 0 saturated carbocycles. The average molecular weight is 659 g/mol. The van der Waals surface area contributed by atoms with Crippen molar-refractivity contribution < 1.29 is 0 Å². The fourth-order valence-corrected chi connectivity index (χ4v) is 9.22. The maximum atomic E-state index is 2.50. The second-order valence-corrected chi connectivity index (χ2v) is 14.1. The summed E-state index contributed by atoms with van der Waals surface area (Å²) in [5, 5.41) is 10.3. The molecular weight excluding hydrogens is 629 g/mol. The van der Waals surface area contributed by atoms with Crippen molar-refractivity contribution >= 4 is 65.2 Å². The molecule has 0 radical (unpaired) electrons. The highest BCUT2D eigenvalue weighted by Crippen LogP contribution is 2.49. The molecule has 1 aliphatic rings. The Kier molecular flexibility index (Phi) is 5.53. The Morgan fingerprint density at radius 2 is 0.942 bits per heavy atom. The maximum absolute atomic E-state index is 2.50. The Morgan fingerprint density at radius 1 is 0.288 bits per heavy atom. The monoisotopic (exact) mass is 658 g/mol. The summed E-state index contributed by atoms with van der Waals surface area (Å²) in [4.78, 5) is 0. The minimum absolute atomic E-state index is 1.16. The lowest BCUT2D eigenvalue weighted by Gasteiger charge is -2.12. The first kappa shape index (κ1) is 27.9. The molecule has 0 spiro atoms. The van der Waals surface area contributed by atoms with E-state index in [4.69, 9.17) is 0 Å². The Bertz CT molecular complexity index is 3260.